The predicted molar refractivity (Wildman–Crippen MR) is 90.5 cm³/mol. The minimum Gasteiger partial charge on any atom is -0.506 e. The normalized spacial score (nSPS) is 11.9. The highest BCUT2D eigenvalue weighted by Gasteiger charge is 2.16. The van der Waals surface area contributed by atoms with Gasteiger partial charge in [-0.05, 0) is 36.7 Å². The number of rotatable bonds is 3. The molecule has 0 aliphatic rings. The van der Waals surface area contributed by atoms with Gasteiger partial charge in [0.2, 0.25) is 5.69 Å². The van der Waals surface area contributed by atoms with Crippen LogP contribution in [-0.2, 0) is 10.1 Å². The average Bonchev–Trinajstić information content (AvgIpc) is 2.96. The van der Waals surface area contributed by atoms with Gasteiger partial charge in [-0.25, -0.2) is 9.22 Å². The van der Waals surface area contributed by atoms with E-state index in [2.05, 4.69) is 24.4 Å². The Bertz CT molecular complexity index is 1160. The van der Waals surface area contributed by atoms with Crippen molar-refractivity contribution in [1.29, 1.82) is 0 Å². The van der Waals surface area contributed by atoms with E-state index in [1.807, 2.05) is 0 Å². The topological polar surface area (TPSA) is 129 Å². The van der Waals surface area contributed by atoms with E-state index in [4.69, 9.17) is 11.1 Å². The molecule has 0 radical (unpaired) electrons. The lowest BCUT2D eigenvalue weighted by Crippen LogP contribution is -1.97. The number of pyridine rings is 1. The third-order valence-electron chi connectivity index (χ3n) is 3.25. The zero-order valence-electron chi connectivity index (χ0n) is 12.6. The molecule has 3 aromatic rings. The first-order valence-corrected chi connectivity index (χ1v) is 8.87. The van der Waals surface area contributed by atoms with Crippen molar-refractivity contribution in [2.45, 2.75) is 11.8 Å². The highest BCUT2D eigenvalue weighted by molar-refractivity contribution is 7.86. The Morgan fingerprint density at radius 1 is 1.32 bits per heavy atom. The second-order valence-corrected chi connectivity index (χ2v) is 7.02. The second-order valence-electron chi connectivity index (χ2n) is 4.88. The van der Waals surface area contributed by atoms with Gasteiger partial charge >= 0.3 is 0 Å². The minimum atomic E-state index is -4.58. The van der Waals surface area contributed by atoms with Crippen LogP contribution in [0.15, 0.2) is 39.5 Å². The van der Waals surface area contributed by atoms with Crippen molar-refractivity contribution in [3.05, 3.63) is 41.5 Å². The zero-order valence-corrected chi connectivity index (χ0v) is 14.2. The Morgan fingerprint density at radius 3 is 2.76 bits per heavy atom. The maximum atomic E-state index is 11.2. The molecule has 0 aliphatic carbocycles. The van der Waals surface area contributed by atoms with Crippen LogP contribution in [0.2, 0.25) is 0 Å². The highest BCUT2D eigenvalue weighted by atomic mass is 32.2. The number of benzene rings is 1. The van der Waals surface area contributed by atoms with E-state index < -0.39 is 20.8 Å². The SMILES string of the molecule is [C-]#[N+]c1c(C)ncc2c(/N=N/c3ccc(O)c(S(=O)(=O)O)c3)snc12. The Morgan fingerprint density at radius 2 is 2.08 bits per heavy atom. The Balaban J connectivity index is 2.04. The molecule has 0 saturated heterocycles. The number of aryl methyl sites for hydroxylation is 1. The van der Waals surface area contributed by atoms with Crippen LogP contribution in [0.1, 0.15) is 5.69 Å². The Labute approximate surface area is 146 Å². The lowest BCUT2D eigenvalue weighted by molar-refractivity contribution is 0.443. The molecule has 126 valence electrons. The molecule has 25 heavy (non-hydrogen) atoms. The van der Waals surface area contributed by atoms with Gasteiger partial charge in [-0.2, -0.15) is 8.42 Å². The third kappa shape index (κ3) is 3.18. The molecule has 0 aliphatic heterocycles. The number of hydrogen-bond acceptors (Lipinski definition) is 8. The molecular weight excluding hydrogens is 366 g/mol. The number of aromatic nitrogens is 2. The van der Waals surface area contributed by atoms with E-state index in [1.165, 1.54) is 12.3 Å². The van der Waals surface area contributed by atoms with E-state index in [-0.39, 0.29) is 5.69 Å². The van der Waals surface area contributed by atoms with Crippen molar-refractivity contribution in [3.8, 4) is 5.75 Å². The smallest absolute Gasteiger partial charge is 0.298 e. The third-order valence-corrected chi connectivity index (χ3v) is 4.88. The number of azo groups is 1. The van der Waals surface area contributed by atoms with E-state index >= 15 is 0 Å². The molecule has 3 rings (SSSR count). The van der Waals surface area contributed by atoms with E-state index in [0.717, 1.165) is 23.7 Å². The van der Waals surface area contributed by atoms with Crippen LogP contribution >= 0.6 is 11.5 Å². The molecule has 2 aromatic heterocycles. The molecule has 0 saturated carbocycles. The molecule has 2 heterocycles. The largest absolute Gasteiger partial charge is 0.506 e. The fourth-order valence-corrected chi connectivity index (χ4v) is 3.34. The van der Waals surface area contributed by atoms with Gasteiger partial charge in [-0.15, -0.1) is 10.2 Å². The van der Waals surface area contributed by atoms with Crippen molar-refractivity contribution >= 4 is 48.9 Å². The average molecular weight is 375 g/mol. The van der Waals surface area contributed by atoms with Crippen molar-refractivity contribution in [1.82, 2.24) is 9.36 Å². The maximum absolute atomic E-state index is 11.2. The fourth-order valence-electron chi connectivity index (χ4n) is 2.05. The molecular formula is C14H9N5O4S2. The second kappa shape index (κ2) is 6.17. The van der Waals surface area contributed by atoms with Gasteiger partial charge in [0.25, 0.3) is 10.1 Å². The Hall–Kier alpha value is -2.94. The minimum absolute atomic E-state index is 0.109. The molecule has 11 heteroatoms. The quantitative estimate of drug-likeness (QED) is 0.405. The first-order chi connectivity index (χ1) is 11.8. The van der Waals surface area contributed by atoms with Gasteiger partial charge in [0.1, 0.15) is 10.6 Å². The number of phenols is 1. The van der Waals surface area contributed by atoms with E-state index in [9.17, 15) is 13.5 Å². The van der Waals surface area contributed by atoms with Crippen LogP contribution in [0.25, 0.3) is 15.7 Å². The number of aromatic hydroxyl groups is 1. The summed E-state index contributed by atoms with van der Waals surface area (Å²) in [6.07, 6.45) is 1.54. The molecule has 0 atom stereocenters. The maximum Gasteiger partial charge on any atom is 0.298 e. The molecule has 0 unspecified atom stereocenters. The molecule has 0 amide bonds. The molecule has 0 spiro atoms. The number of fused-ring (bicyclic) bond motifs is 1. The van der Waals surface area contributed by atoms with E-state index in [1.54, 1.807) is 6.92 Å². The molecule has 1 aromatic carbocycles. The van der Waals surface area contributed by atoms with Gasteiger partial charge in [0.15, 0.2) is 5.00 Å². The van der Waals surface area contributed by atoms with Crippen LogP contribution in [0, 0.1) is 13.5 Å². The summed E-state index contributed by atoms with van der Waals surface area (Å²) >= 11 is 1.02. The predicted octanol–water partition coefficient (Wildman–Crippen LogP) is 3.92. The monoisotopic (exact) mass is 375 g/mol. The summed E-state index contributed by atoms with van der Waals surface area (Å²) < 4.78 is 35.6. The lowest BCUT2D eigenvalue weighted by atomic mass is 10.2. The number of hydrogen-bond donors (Lipinski definition) is 2. The van der Waals surface area contributed by atoms with Crippen LogP contribution < -0.4 is 0 Å². The standard InChI is InChI=1S/C14H9N5O4S2/c1-7-12(15-2)13-9(6-16-7)14(24-19-13)18-17-8-3-4-10(20)11(5-8)25(21,22)23/h3-6,20H,1H3,(H,21,22,23)/b18-17+. The van der Waals surface area contributed by atoms with Crippen LogP contribution in [0.4, 0.5) is 16.4 Å². The first kappa shape index (κ1) is 16.9. The molecule has 0 fully saturated rings. The van der Waals surface area contributed by atoms with Crippen molar-refractivity contribution in [2.75, 3.05) is 0 Å². The van der Waals surface area contributed by atoms with Gasteiger partial charge in [-0.3, -0.25) is 9.54 Å². The van der Waals surface area contributed by atoms with Crippen molar-refractivity contribution in [3.63, 3.8) is 0 Å². The van der Waals surface area contributed by atoms with Crippen molar-refractivity contribution < 1.29 is 18.1 Å². The summed E-state index contributed by atoms with van der Waals surface area (Å²) in [5.74, 6) is -0.592. The lowest BCUT2D eigenvalue weighted by Gasteiger charge is -2.01. The summed E-state index contributed by atoms with van der Waals surface area (Å²) in [5, 5.41) is 18.3. The summed E-state index contributed by atoms with van der Waals surface area (Å²) in [7, 11) is -4.58. The van der Waals surface area contributed by atoms with E-state index in [0.29, 0.717) is 27.3 Å². The van der Waals surface area contributed by atoms with Crippen LogP contribution in [0.3, 0.4) is 0 Å². The number of nitrogens with zero attached hydrogens (tertiary/aromatic N) is 5. The highest BCUT2D eigenvalue weighted by Crippen LogP contribution is 2.37. The van der Waals surface area contributed by atoms with Gasteiger partial charge in [0, 0.05) is 17.3 Å². The van der Waals surface area contributed by atoms with Gasteiger partial charge < -0.3 is 5.11 Å². The Kier molecular flexibility index (Phi) is 4.17. The fraction of sp³-hybridized carbons (Fsp3) is 0.0714. The van der Waals surface area contributed by atoms with Gasteiger partial charge in [-0.1, -0.05) is 0 Å². The molecule has 2 N–H and O–H groups in total. The summed E-state index contributed by atoms with van der Waals surface area (Å²) in [6.45, 7) is 8.91. The van der Waals surface area contributed by atoms with Gasteiger partial charge in [0.05, 0.1) is 17.8 Å². The summed E-state index contributed by atoms with van der Waals surface area (Å²) in [5.41, 5.74) is 1.49. The number of phenolic OH excluding ortho intramolecular Hbond substituents is 1. The zero-order chi connectivity index (χ0) is 18.2. The molecule has 0 bridgehead atoms. The molecule has 9 nitrogen and oxygen atoms in total. The first-order valence-electron chi connectivity index (χ1n) is 6.66. The summed E-state index contributed by atoms with van der Waals surface area (Å²) in [6, 6.07) is 3.41. The van der Waals surface area contributed by atoms with Crippen LogP contribution in [-0.4, -0.2) is 27.4 Å². The van der Waals surface area contributed by atoms with Crippen molar-refractivity contribution in [2.24, 2.45) is 10.2 Å². The van der Waals surface area contributed by atoms with Crippen LogP contribution in [0.5, 0.6) is 5.75 Å². The summed E-state index contributed by atoms with van der Waals surface area (Å²) in [4.78, 5) is 6.88.